The van der Waals surface area contributed by atoms with Crippen LogP contribution < -0.4 is 16.0 Å². The Morgan fingerprint density at radius 3 is 2.31 bits per heavy atom. The standard InChI is InChI=1S/C37H52FN3O/c1-12-17-33(32(38)16-5)40-29(11)35-34(39-24-41(35)25(6)7)23-27(9)30-18-19-31(28(10)22-30)37(20-13-2,21-14-3)36(42)26(8)15-4/h12,16-19,22-26,40H,5,9,13-15,20-21H2,1-4,6-8,10-11H3/b17-12-,33-32-,34-23+,35-29-. The topological polar surface area (TPSA) is 46.9 Å². The third kappa shape index (κ3) is 7.67. The molecule has 42 heavy (non-hydrogen) atoms. The summed E-state index contributed by atoms with van der Waals surface area (Å²) in [4.78, 5) is 18.6. The van der Waals surface area contributed by atoms with Gasteiger partial charge in [-0.2, -0.15) is 0 Å². The second-order valence-corrected chi connectivity index (χ2v) is 11.7. The van der Waals surface area contributed by atoms with Crippen molar-refractivity contribution in [3.8, 4) is 0 Å². The lowest BCUT2D eigenvalue weighted by Gasteiger charge is -2.36. The summed E-state index contributed by atoms with van der Waals surface area (Å²) in [5.41, 5.74) is 4.69. The molecule has 0 radical (unpaired) electrons. The van der Waals surface area contributed by atoms with Crippen LogP contribution in [-0.4, -0.2) is 15.3 Å². The smallest absolute Gasteiger partial charge is 0.146 e. The number of benzene rings is 1. The Bertz CT molecular complexity index is 1450. The number of nitrogens with zero attached hydrogens (tertiary/aromatic N) is 2. The average Bonchev–Trinajstić information content (AvgIpc) is 3.39. The molecule has 0 fully saturated rings. The van der Waals surface area contributed by atoms with Gasteiger partial charge in [0.15, 0.2) is 0 Å². The highest BCUT2D eigenvalue weighted by Crippen LogP contribution is 2.40. The molecule has 1 aromatic heterocycles. The third-order valence-corrected chi connectivity index (χ3v) is 8.13. The first-order valence-electron chi connectivity index (χ1n) is 15.4. The number of Topliss-reactive ketones (excluding diaryl/α,β-unsaturated/α-hetero) is 1. The third-order valence-electron chi connectivity index (χ3n) is 8.13. The van der Waals surface area contributed by atoms with E-state index in [1.54, 1.807) is 12.2 Å². The van der Waals surface area contributed by atoms with E-state index in [4.69, 9.17) is 4.98 Å². The highest BCUT2D eigenvalue weighted by molar-refractivity contribution is 5.93. The number of aryl methyl sites for hydroxylation is 1. The normalized spacial score (nSPS) is 14.7. The van der Waals surface area contributed by atoms with Crippen molar-refractivity contribution in [1.29, 1.82) is 0 Å². The summed E-state index contributed by atoms with van der Waals surface area (Å²) in [6.45, 7) is 26.5. The highest BCUT2D eigenvalue weighted by Gasteiger charge is 2.41. The van der Waals surface area contributed by atoms with Gasteiger partial charge in [-0.05, 0) is 94.4 Å². The summed E-state index contributed by atoms with van der Waals surface area (Å²) in [6.07, 6.45) is 12.9. The largest absolute Gasteiger partial charge is 0.355 e. The van der Waals surface area contributed by atoms with Crippen molar-refractivity contribution in [2.75, 3.05) is 0 Å². The van der Waals surface area contributed by atoms with Gasteiger partial charge >= 0.3 is 0 Å². The molecule has 1 heterocycles. The van der Waals surface area contributed by atoms with Gasteiger partial charge in [0, 0.05) is 17.7 Å². The predicted octanol–water partition coefficient (Wildman–Crippen LogP) is 8.38. The number of hydrogen-bond acceptors (Lipinski definition) is 3. The molecule has 5 heteroatoms. The predicted molar refractivity (Wildman–Crippen MR) is 178 cm³/mol. The first-order chi connectivity index (χ1) is 19.9. The Kier molecular flexibility index (Phi) is 13.0. The maximum Gasteiger partial charge on any atom is 0.146 e. The van der Waals surface area contributed by atoms with Gasteiger partial charge in [-0.25, -0.2) is 9.37 Å². The first-order valence-corrected chi connectivity index (χ1v) is 15.4. The number of ketones is 1. The van der Waals surface area contributed by atoms with E-state index in [2.05, 4.69) is 89.7 Å². The molecule has 0 bridgehead atoms. The Labute approximate surface area is 253 Å². The van der Waals surface area contributed by atoms with Gasteiger partial charge in [-0.1, -0.05) is 78.0 Å². The SMILES string of the molecule is C=C/C(F)=C(\C=C/C)N/C(C)=c1/c(=C\C(=C)c2ccc(C(CCC)(CCC)C(=O)C(C)CC)c(C)c2)ncn1C(C)C. The molecule has 4 nitrogen and oxygen atoms in total. The molecule has 0 amide bonds. The van der Waals surface area contributed by atoms with E-state index in [1.165, 1.54) is 6.08 Å². The maximum absolute atomic E-state index is 14.5. The van der Waals surface area contributed by atoms with Crippen molar-refractivity contribution in [2.45, 2.75) is 106 Å². The number of halogens is 1. The lowest BCUT2D eigenvalue weighted by atomic mass is 9.66. The maximum atomic E-state index is 14.5. The minimum Gasteiger partial charge on any atom is -0.355 e. The van der Waals surface area contributed by atoms with Gasteiger partial charge in [0.25, 0.3) is 0 Å². The summed E-state index contributed by atoms with van der Waals surface area (Å²) in [5, 5.41) is 4.83. The fourth-order valence-corrected chi connectivity index (χ4v) is 5.91. The molecule has 2 rings (SSSR count). The van der Waals surface area contributed by atoms with Crippen molar-refractivity contribution in [3.05, 3.63) is 94.8 Å². The van der Waals surface area contributed by atoms with Gasteiger partial charge < -0.3 is 9.88 Å². The fourth-order valence-electron chi connectivity index (χ4n) is 5.91. The molecule has 1 aromatic carbocycles. The monoisotopic (exact) mass is 573 g/mol. The quantitative estimate of drug-likeness (QED) is 0.218. The van der Waals surface area contributed by atoms with Crippen molar-refractivity contribution in [3.63, 3.8) is 0 Å². The summed E-state index contributed by atoms with van der Waals surface area (Å²) >= 11 is 0. The van der Waals surface area contributed by atoms with E-state index in [1.807, 2.05) is 26.3 Å². The van der Waals surface area contributed by atoms with Crippen molar-refractivity contribution in [2.24, 2.45) is 5.92 Å². The lowest BCUT2D eigenvalue weighted by molar-refractivity contribution is -0.129. The number of nitrogens with one attached hydrogen (secondary N) is 1. The lowest BCUT2D eigenvalue weighted by Crippen LogP contribution is -2.40. The minimum atomic E-state index is -0.466. The highest BCUT2D eigenvalue weighted by atomic mass is 19.1. The summed E-state index contributed by atoms with van der Waals surface area (Å²) < 4.78 is 16.6. The van der Waals surface area contributed by atoms with E-state index in [0.29, 0.717) is 11.5 Å². The number of allylic oxidation sites excluding steroid dienone is 5. The van der Waals surface area contributed by atoms with Crippen molar-refractivity contribution in [1.82, 2.24) is 14.9 Å². The van der Waals surface area contributed by atoms with Crippen molar-refractivity contribution >= 4 is 23.1 Å². The number of carbonyl (C=O) groups excluding carboxylic acids is 1. The number of rotatable bonds is 15. The molecule has 0 saturated heterocycles. The zero-order chi connectivity index (χ0) is 31.6. The van der Waals surface area contributed by atoms with E-state index in [9.17, 15) is 9.18 Å². The van der Waals surface area contributed by atoms with Crippen LogP contribution in [0.5, 0.6) is 0 Å². The van der Waals surface area contributed by atoms with Crippen LogP contribution in [0, 0.1) is 12.8 Å². The molecule has 0 aliphatic carbocycles. The van der Waals surface area contributed by atoms with Gasteiger partial charge in [-0.3, -0.25) is 4.79 Å². The Morgan fingerprint density at radius 1 is 1.17 bits per heavy atom. The van der Waals surface area contributed by atoms with E-state index < -0.39 is 11.2 Å². The molecule has 0 spiro atoms. The minimum absolute atomic E-state index is 0.0243. The molecular formula is C37H52FN3O. The van der Waals surface area contributed by atoms with Gasteiger partial charge in [0.2, 0.25) is 0 Å². The molecule has 1 unspecified atom stereocenters. The van der Waals surface area contributed by atoms with Gasteiger partial charge in [0.05, 0.1) is 28.1 Å². The van der Waals surface area contributed by atoms with Crippen LogP contribution in [0.1, 0.15) is 110 Å². The fraction of sp³-hybridized carbons (Fsp3) is 0.459. The van der Waals surface area contributed by atoms with Crippen LogP contribution in [0.25, 0.3) is 17.3 Å². The van der Waals surface area contributed by atoms with Crippen LogP contribution >= 0.6 is 0 Å². The molecule has 0 aliphatic heterocycles. The summed E-state index contributed by atoms with van der Waals surface area (Å²) in [6, 6.07) is 6.53. The number of imidazole rings is 1. The zero-order valence-corrected chi connectivity index (χ0v) is 27.4. The summed E-state index contributed by atoms with van der Waals surface area (Å²) in [7, 11) is 0. The Morgan fingerprint density at radius 2 is 1.81 bits per heavy atom. The molecular weight excluding hydrogens is 521 g/mol. The van der Waals surface area contributed by atoms with Crippen molar-refractivity contribution < 1.29 is 9.18 Å². The van der Waals surface area contributed by atoms with Crippen LogP contribution in [0.4, 0.5) is 4.39 Å². The number of hydrogen-bond donors (Lipinski definition) is 1. The van der Waals surface area contributed by atoms with E-state index in [0.717, 1.165) is 70.8 Å². The molecule has 0 saturated carbocycles. The van der Waals surface area contributed by atoms with E-state index >= 15 is 0 Å². The molecule has 228 valence electrons. The average molecular weight is 574 g/mol. The second kappa shape index (κ2) is 15.7. The zero-order valence-electron chi connectivity index (χ0n) is 27.4. The van der Waals surface area contributed by atoms with E-state index in [-0.39, 0.29) is 12.0 Å². The molecule has 1 atom stereocenters. The molecule has 1 N–H and O–H groups in total. The summed E-state index contributed by atoms with van der Waals surface area (Å²) in [5.74, 6) is -0.0460. The van der Waals surface area contributed by atoms with Crippen LogP contribution in [0.15, 0.2) is 67.4 Å². The molecule has 2 aromatic rings. The van der Waals surface area contributed by atoms with Gasteiger partial charge in [-0.15, -0.1) is 0 Å². The van der Waals surface area contributed by atoms with Crippen LogP contribution in [0.2, 0.25) is 0 Å². The number of carbonyl (C=O) groups is 1. The van der Waals surface area contributed by atoms with Gasteiger partial charge in [0.1, 0.15) is 11.6 Å². The number of aromatic nitrogens is 2. The van der Waals surface area contributed by atoms with Crippen LogP contribution in [-0.2, 0) is 10.2 Å². The second-order valence-electron chi connectivity index (χ2n) is 11.7. The Balaban J connectivity index is 2.70. The Hall–Kier alpha value is -3.47. The molecule has 0 aliphatic rings. The first kappa shape index (κ1) is 34.7. The van der Waals surface area contributed by atoms with Crippen LogP contribution in [0.3, 0.4) is 0 Å².